The Labute approximate surface area is 155 Å². The summed E-state index contributed by atoms with van der Waals surface area (Å²) in [6.45, 7) is 3.68. The average molecular weight is 371 g/mol. The number of hydrogen-bond donors (Lipinski definition) is 5. The van der Waals surface area contributed by atoms with Gasteiger partial charge < -0.3 is 31.7 Å². The van der Waals surface area contributed by atoms with E-state index in [1.165, 1.54) is 19.3 Å². The number of allylic oxidation sites excluding steroid dienone is 2. The van der Waals surface area contributed by atoms with Crippen LogP contribution >= 0.6 is 0 Å². The summed E-state index contributed by atoms with van der Waals surface area (Å²) in [5, 5.41) is 20.7. The highest BCUT2D eigenvalue weighted by atomic mass is 16.3. The number of carbonyl (C=O) groups excluding carboxylic acids is 1. The lowest BCUT2D eigenvalue weighted by Crippen LogP contribution is -2.15. The molecule has 2 aromatic heterocycles. The number of nitrogens with two attached hydrogens (primary N) is 2. The molecule has 0 bridgehead atoms. The maximum absolute atomic E-state index is 11.6. The smallest absolute Gasteiger partial charge is 0.267 e. The van der Waals surface area contributed by atoms with Gasteiger partial charge in [0.15, 0.2) is 11.5 Å². The van der Waals surface area contributed by atoms with Gasteiger partial charge in [0.25, 0.3) is 5.91 Å². The van der Waals surface area contributed by atoms with E-state index < -0.39 is 5.91 Å². The van der Waals surface area contributed by atoms with E-state index in [-0.39, 0.29) is 40.1 Å². The van der Waals surface area contributed by atoms with Gasteiger partial charge in [-0.15, -0.1) is 0 Å². The van der Waals surface area contributed by atoms with E-state index in [2.05, 4.69) is 20.3 Å². The summed E-state index contributed by atoms with van der Waals surface area (Å²) in [4.78, 5) is 24.2. The van der Waals surface area contributed by atoms with Gasteiger partial charge in [-0.2, -0.15) is 0 Å². The van der Waals surface area contributed by atoms with Crippen molar-refractivity contribution in [2.45, 2.75) is 13.8 Å². The summed E-state index contributed by atoms with van der Waals surface area (Å²) in [5.74, 6) is -0.935. The fourth-order valence-electron chi connectivity index (χ4n) is 2.31. The van der Waals surface area contributed by atoms with Gasteiger partial charge in [0.2, 0.25) is 5.89 Å². The third-order valence-corrected chi connectivity index (χ3v) is 3.59. The SMILES string of the molecule is CCN=C(/C(O)=C(/C)N)c1nc(-c2nc(C(N)=O)cc(NC)c2C=N)co1. The van der Waals surface area contributed by atoms with Crippen molar-refractivity contribution in [1.82, 2.24) is 9.97 Å². The van der Waals surface area contributed by atoms with Crippen molar-refractivity contribution >= 4 is 23.5 Å². The van der Waals surface area contributed by atoms with E-state index in [1.54, 1.807) is 14.0 Å². The molecule has 2 rings (SSSR count). The number of anilines is 1. The summed E-state index contributed by atoms with van der Waals surface area (Å²) >= 11 is 0. The molecule has 0 unspecified atom stereocenters. The normalized spacial score (nSPS) is 12.5. The minimum absolute atomic E-state index is 0.00694. The molecule has 1 amide bonds. The minimum Gasteiger partial charge on any atom is -0.504 e. The average Bonchev–Trinajstić information content (AvgIpc) is 3.13. The second-order valence-electron chi connectivity index (χ2n) is 5.47. The molecule has 2 aromatic rings. The quantitative estimate of drug-likeness (QED) is 0.361. The molecular weight excluding hydrogens is 350 g/mol. The number of aliphatic hydroxyl groups is 1. The van der Waals surface area contributed by atoms with Gasteiger partial charge in [0.1, 0.15) is 23.3 Å². The molecule has 0 aliphatic heterocycles. The third-order valence-electron chi connectivity index (χ3n) is 3.59. The Balaban J connectivity index is 2.66. The number of nitrogens with one attached hydrogen (secondary N) is 2. The molecule has 2 heterocycles. The zero-order valence-corrected chi connectivity index (χ0v) is 15.2. The molecule has 27 heavy (non-hydrogen) atoms. The second-order valence-corrected chi connectivity index (χ2v) is 5.47. The molecule has 0 atom stereocenters. The molecule has 0 aliphatic carbocycles. The molecule has 142 valence electrons. The second kappa shape index (κ2) is 8.13. The number of nitrogens with zero attached hydrogens (tertiary/aromatic N) is 3. The number of hydrogen-bond acceptors (Lipinski definition) is 9. The highest BCUT2D eigenvalue weighted by Crippen LogP contribution is 2.27. The number of pyridine rings is 1. The summed E-state index contributed by atoms with van der Waals surface area (Å²) in [5.41, 5.74) is 12.6. The first-order valence-electron chi connectivity index (χ1n) is 8.03. The highest BCUT2D eigenvalue weighted by Gasteiger charge is 2.21. The lowest BCUT2D eigenvalue weighted by molar-refractivity contribution is 0.0995. The number of oxazole rings is 1. The summed E-state index contributed by atoms with van der Waals surface area (Å²) in [6.07, 6.45) is 2.37. The number of rotatable bonds is 7. The molecule has 0 fully saturated rings. The number of carbonyl (C=O) groups is 1. The maximum Gasteiger partial charge on any atom is 0.267 e. The van der Waals surface area contributed by atoms with Gasteiger partial charge in [-0.3, -0.25) is 9.79 Å². The van der Waals surface area contributed by atoms with Crippen molar-refractivity contribution in [2.75, 3.05) is 18.9 Å². The van der Waals surface area contributed by atoms with Crippen LogP contribution in [0.5, 0.6) is 0 Å². The standard InChI is InChI=1S/C17H21N7O3/c1-4-22-14(15(25)8(2)19)17-24-12(7-27-17)13-9(6-18)10(21-3)5-11(23-13)16(20)26/h5-7,18,25H,4,19H2,1-3H3,(H2,20,26)(H,21,23)/b15-8+,18-6?,22-14?. The minimum atomic E-state index is -0.722. The number of amides is 1. The lowest BCUT2D eigenvalue weighted by atomic mass is 10.1. The van der Waals surface area contributed by atoms with Crippen molar-refractivity contribution in [1.29, 1.82) is 5.41 Å². The first-order chi connectivity index (χ1) is 12.8. The predicted molar refractivity (Wildman–Crippen MR) is 102 cm³/mol. The van der Waals surface area contributed by atoms with Crippen molar-refractivity contribution < 1.29 is 14.3 Å². The number of aliphatic hydroxyl groups excluding tert-OH is 1. The maximum atomic E-state index is 11.6. The fourth-order valence-corrected chi connectivity index (χ4v) is 2.31. The Kier molecular flexibility index (Phi) is 5.91. The first kappa shape index (κ1) is 19.6. The van der Waals surface area contributed by atoms with Crippen LogP contribution in [0.15, 0.2) is 33.2 Å². The largest absolute Gasteiger partial charge is 0.504 e. The molecule has 10 heteroatoms. The van der Waals surface area contributed by atoms with Crippen LogP contribution in [0, 0.1) is 5.41 Å². The van der Waals surface area contributed by atoms with E-state index in [1.807, 2.05) is 0 Å². The van der Waals surface area contributed by atoms with E-state index in [4.69, 9.17) is 21.3 Å². The summed E-state index contributed by atoms with van der Waals surface area (Å²) in [7, 11) is 1.64. The van der Waals surface area contributed by atoms with Gasteiger partial charge >= 0.3 is 0 Å². The first-order valence-corrected chi connectivity index (χ1v) is 8.03. The Morgan fingerprint density at radius 3 is 2.67 bits per heavy atom. The number of aliphatic imine (C=N–C) groups is 1. The van der Waals surface area contributed by atoms with E-state index in [9.17, 15) is 9.90 Å². The zero-order valence-electron chi connectivity index (χ0n) is 15.2. The van der Waals surface area contributed by atoms with Crippen LogP contribution in [-0.4, -0.2) is 46.5 Å². The van der Waals surface area contributed by atoms with Gasteiger partial charge in [-0.25, -0.2) is 9.97 Å². The van der Waals surface area contributed by atoms with Crippen LogP contribution < -0.4 is 16.8 Å². The van der Waals surface area contributed by atoms with Crippen LogP contribution in [0.2, 0.25) is 0 Å². The topological polar surface area (TPSA) is 176 Å². The van der Waals surface area contributed by atoms with Crippen molar-refractivity contribution in [3.05, 3.63) is 40.9 Å². The zero-order chi connectivity index (χ0) is 20.1. The molecular formula is C17H21N7O3. The molecule has 0 aromatic carbocycles. The summed E-state index contributed by atoms with van der Waals surface area (Å²) in [6, 6.07) is 1.45. The highest BCUT2D eigenvalue weighted by molar-refractivity contribution is 6.08. The molecule has 0 spiro atoms. The van der Waals surface area contributed by atoms with E-state index in [0.717, 1.165) is 6.21 Å². The molecule has 0 aliphatic rings. The van der Waals surface area contributed by atoms with E-state index >= 15 is 0 Å². The fraction of sp³-hybridized carbons (Fsp3) is 0.235. The Hall–Kier alpha value is -3.69. The third kappa shape index (κ3) is 3.94. The van der Waals surface area contributed by atoms with Crippen molar-refractivity contribution in [3.63, 3.8) is 0 Å². The van der Waals surface area contributed by atoms with Crippen LogP contribution in [0.4, 0.5) is 5.69 Å². The van der Waals surface area contributed by atoms with Crippen LogP contribution in [0.1, 0.15) is 35.8 Å². The van der Waals surface area contributed by atoms with Crippen molar-refractivity contribution in [3.8, 4) is 11.4 Å². The van der Waals surface area contributed by atoms with Gasteiger partial charge in [0.05, 0.1) is 0 Å². The van der Waals surface area contributed by atoms with Crippen LogP contribution in [-0.2, 0) is 0 Å². The van der Waals surface area contributed by atoms with Gasteiger partial charge in [-0.05, 0) is 19.9 Å². The Morgan fingerprint density at radius 2 is 2.15 bits per heavy atom. The monoisotopic (exact) mass is 371 g/mol. The number of primary amides is 1. The number of aromatic nitrogens is 2. The molecule has 7 N–H and O–H groups in total. The molecule has 0 radical (unpaired) electrons. The predicted octanol–water partition coefficient (Wildman–Crippen LogP) is 1.43. The van der Waals surface area contributed by atoms with Crippen LogP contribution in [0.25, 0.3) is 11.4 Å². The van der Waals surface area contributed by atoms with Crippen molar-refractivity contribution in [2.24, 2.45) is 16.5 Å². The summed E-state index contributed by atoms with van der Waals surface area (Å²) < 4.78 is 5.44. The molecule has 0 saturated heterocycles. The lowest BCUT2D eigenvalue weighted by Gasteiger charge is -2.10. The molecule has 0 saturated carbocycles. The van der Waals surface area contributed by atoms with Gasteiger partial charge in [-0.1, -0.05) is 0 Å². The van der Waals surface area contributed by atoms with Gasteiger partial charge in [0, 0.05) is 36.8 Å². The Morgan fingerprint density at radius 1 is 1.44 bits per heavy atom. The van der Waals surface area contributed by atoms with E-state index in [0.29, 0.717) is 17.8 Å². The van der Waals surface area contributed by atoms with Crippen LogP contribution in [0.3, 0.4) is 0 Å². The molecule has 10 nitrogen and oxygen atoms in total. The Bertz CT molecular complexity index is 940.